The summed E-state index contributed by atoms with van der Waals surface area (Å²) in [5.74, 6) is -0.312. The third kappa shape index (κ3) is 6.02. The molecule has 1 atom stereocenters. The number of likely N-dealkylation sites (tertiary alicyclic amines) is 1. The maximum absolute atomic E-state index is 12.4. The van der Waals surface area contributed by atoms with Crippen LogP contribution in [0.3, 0.4) is 0 Å². The fourth-order valence-electron chi connectivity index (χ4n) is 3.93. The Morgan fingerprint density at radius 3 is 2.37 bits per heavy atom. The molecule has 3 rings (SSSR count). The van der Waals surface area contributed by atoms with Crippen molar-refractivity contribution in [3.63, 3.8) is 0 Å². The molecule has 1 N–H and O–H groups in total. The van der Waals surface area contributed by atoms with Crippen molar-refractivity contribution in [1.29, 1.82) is 0 Å². The largest absolute Gasteiger partial charge is 0.352 e. The minimum atomic E-state index is -3.23. The van der Waals surface area contributed by atoms with E-state index in [0.717, 1.165) is 24.9 Å². The number of carbonyl (C=O) groups is 1. The Morgan fingerprint density at radius 1 is 1.04 bits per heavy atom. The van der Waals surface area contributed by atoms with E-state index in [0.29, 0.717) is 19.6 Å². The van der Waals surface area contributed by atoms with Crippen LogP contribution in [0.5, 0.6) is 0 Å². The van der Waals surface area contributed by atoms with Crippen molar-refractivity contribution >= 4 is 15.9 Å². The minimum Gasteiger partial charge on any atom is -0.352 e. The van der Waals surface area contributed by atoms with Gasteiger partial charge in [-0.25, -0.2) is 12.7 Å². The SMILES string of the molecule is CS(=O)(=O)N1CCC[C@@H](C(=O)NCc2ccc(CN3CCCCC3)cc2)C1. The number of piperidine rings is 2. The van der Waals surface area contributed by atoms with Gasteiger partial charge in [0.05, 0.1) is 12.2 Å². The predicted octanol–water partition coefficient (Wildman–Crippen LogP) is 1.96. The number of sulfonamides is 1. The molecule has 0 bridgehead atoms. The highest BCUT2D eigenvalue weighted by Gasteiger charge is 2.29. The summed E-state index contributed by atoms with van der Waals surface area (Å²) in [6, 6.07) is 8.43. The molecule has 7 heteroatoms. The molecule has 2 fully saturated rings. The second-order valence-electron chi connectivity index (χ2n) is 7.83. The van der Waals surface area contributed by atoms with E-state index in [4.69, 9.17) is 0 Å². The maximum Gasteiger partial charge on any atom is 0.224 e. The number of nitrogens with zero attached hydrogens (tertiary/aromatic N) is 2. The van der Waals surface area contributed by atoms with Gasteiger partial charge in [0.15, 0.2) is 0 Å². The molecule has 0 radical (unpaired) electrons. The highest BCUT2D eigenvalue weighted by atomic mass is 32.2. The number of nitrogens with one attached hydrogen (secondary N) is 1. The van der Waals surface area contributed by atoms with Crippen LogP contribution in [0, 0.1) is 5.92 Å². The standard InChI is InChI=1S/C20H31N3O3S/c1-27(25,26)23-13-5-6-19(16-23)20(24)21-14-17-7-9-18(10-8-17)15-22-11-3-2-4-12-22/h7-10,19H,2-6,11-16H2,1H3,(H,21,24)/t19-/m1/s1. The van der Waals surface area contributed by atoms with E-state index in [-0.39, 0.29) is 11.8 Å². The van der Waals surface area contributed by atoms with Crippen molar-refractivity contribution in [2.45, 2.75) is 45.2 Å². The lowest BCUT2D eigenvalue weighted by Gasteiger charge is -2.30. The van der Waals surface area contributed by atoms with Gasteiger partial charge in [-0.1, -0.05) is 30.7 Å². The fraction of sp³-hybridized carbons (Fsp3) is 0.650. The van der Waals surface area contributed by atoms with Gasteiger partial charge in [-0.15, -0.1) is 0 Å². The van der Waals surface area contributed by atoms with E-state index in [2.05, 4.69) is 34.5 Å². The number of carbonyl (C=O) groups excluding carboxylic acids is 1. The second kappa shape index (κ2) is 9.17. The van der Waals surface area contributed by atoms with Crippen molar-refractivity contribution in [1.82, 2.24) is 14.5 Å². The number of hydrogen-bond donors (Lipinski definition) is 1. The highest BCUT2D eigenvalue weighted by Crippen LogP contribution is 2.19. The average molecular weight is 394 g/mol. The van der Waals surface area contributed by atoms with Crippen LogP contribution in [0.25, 0.3) is 0 Å². The maximum atomic E-state index is 12.4. The number of amides is 1. The first-order valence-electron chi connectivity index (χ1n) is 9.95. The molecule has 1 aromatic carbocycles. The Kier molecular flexibility index (Phi) is 6.89. The first-order chi connectivity index (χ1) is 12.9. The van der Waals surface area contributed by atoms with Crippen LogP contribution in [-0.4, -0.2) is 56.0 Å². The molecule has 1 aromatic rings. The van der Waals surface area contributed by atoms with E-state index in [1.165, 1.54) is 48.5 Å². The van der Waals surface area contributed by atoms with Crippen LogP contribution in [0.4, 0.5) is 0 Å². The highest BCUT2D eigenvalue weighted by molar-refractivity contribution is 7.88. The van der Waals surface area contributed by atoms with Gasteiger partial charge in [-0.05, 0) is 49.9 Å². The molecule has 0 aromatic heterocycles. The Hall–Kier alpha value is -1.44. The second-order valence-corrected chi connectivity index (χ2v) is 9.81. The van der Waals surface area contributed by atoms with Gasteiger partial charge in [-0.3, -0.25) is 9.69 Å². The van der Waals surface area contributed by atoms with E-state index in [1.807, 2.05) is 0 Å². The Labute approximate surface area is 163 Å². The van der Waals surface area contributed by atoms with Gasteiger partial charge in [0.2, 0.25) is 15.9 Å². The lowest BCUT2D eigenvalue weighted by atomic mass is 9.98. The van der Waals surface area contributed by atoms with Gasteiger partial charge < -0.3 is 5.32 Å². The van der Waals surface area contributed by atoms with E-state index in [9.17, 15) is 13.2 Å². The smallest absolute Gasteiger partial charge is 0.224 e. The lowest BCUT2D eigenvalue weighted by Crippen LogP contribution is -2.44. The molecule has 27 heavy (non-hydrogen) atoms. The average Bonchev–Trinajstić information content (AvgIpc) is 2.67. The van der Waals surface area contributed by atoms with E-state index < -0.39 is 10.0 Å². The summed E-state index contributed by atoms with van der Waals surface area (Å²) in [5.41, 5.74) is 2.38. The zero-order valence-corrected chi connectivity index (χ0v) is 17.0. The normalized spacial score (nSPS) is 22.5. The van der Waals surface area contributed by atoms with Crippen LogP contribution in [0.2, 0.25) is 0 Å². The summed E-state index contributed by atoms with van der Waals surface area (Å²) in [4.78, 5) is 14.9. The minimum absolute atomic E-state index is 0.0549. The van der Waals surface area contributed by atoms with Crippen LogP contribution < -0.4 is 5.32 Å². The fourth-order valence-corrected chi connectivity index (χ4v) is 4.84. The molecule has 0 spiro atoms. The zero-order valence-electron chi connectivity index (χ0n) is 16.2. The Bertz CT molecular complexity index is 727. The molecule has 2 aliphatic rings. The molecule has 2 aliphatic heterocycles. The van der Waals surface area contributed by atoms with Crippen molar-refractivity contribution in [3.8, 4) is 0 Å². The van der Waals surface area contributed by atoms with Crippen LogP contribution >= 0.6 is 0 Å². The van der Waals surface area contributed by atoms with E-state index >= 15 is 0 Å². The van der Waals surface area contributed by atoms with Crippen molar-refractivity contribution in [3.05, 3.63) is 35.4 Å². The van der Waals surface area contributed by atoms with E-state index in [1.54, 1.807) is 0 Å². The third-order valence-electron chi connectivity index (χ3n) is 5.57. The summed E-state index contributed by atoms with van der Waals surface area (Å²) >= 11 is 0. The van der Waals surface area contributed by atoms with Crippen LogP contribution in [-0.2, 0) is 27.9 Å². The molecular formula is C20H31N3O3S. The van der Waals surface area contributed by atoms with Gasteiger partial charge in [0, 0.05) is 26.2 Å². The van der Waals surface area contributed by atoms with Crippen LogP contribution in [0.15, 0.2) is 24.3 Å². The lowest BCUT2D eigenvalue weighted by molar-refractivity contribution is -0.126. The molecular weight excluding hydrogens is 362 g/mol. The third-order valence-corrected chi connectivity index (χ3v) is 6.84. The first kappa shape index (κ1) is 20.3. The number of benzene rings is 1. The first-order valence-corrected chi connectivity index (χ1v) is 11.8. The molecule has 1 amide bonds. The summed E-state index contributed by atoms with van der Waals surface area (Å²) in [6.07, 6.45) is 6.61. The molecule has 0 saturated carbocycles. The summed E-state index contributed by atoms with van der Waals surface area (Å²) in [6.45, 7) is 4.65. The van der Waals surface area contributed by atoms with Gasteiger partial charge >= 0.3 is 0 Å². The zero-order chi connectivity index (χ0) is 19.3. The monoisotopic (exact) mass is 393 g/mol. The van der Waals surface area contributed by atoms with Gasteiger partial charge in [0.1, 0.15) is 0 Å². The summed E-state index contributed by atoms with van der Waals surface area (Å²) in [7, 11) is -3.23. The van der Waals surface area contributed by atoms with Gasteiger partial charge in [0.25, 0.3) is 0 Å². The molecule has 150 valence electrons. The Balaban J connectivity index is 1.47. The summed E-state index contributed by atoms with van der Waals surface area (Å²) in [5, 5.41) is 2.97. The quantitative estimate of drug-likeness (QED) is 0.802. The molecule has 0 unspecified atom stereocenters. The van der Waals surface area contributed by atoms with Crippen molar-refractivity contribution in [2.75, 3.05) is 32.4 Å². The molecule has 2 heterocycles. The van der Waals surface area contributed by atoms with Crippen molar-refractivity contribution in [2.24, 2.45) is 5.92 Å². The summed E-state index contributed by atoms with van der Waals surface area (Å²) < 4.78 is 24.8. The van der Waals surface area contributed by atoms with Gasteiger partial charge in [-0.2, -0.15) is 0 Å². The topological polar surface area (TPSA) is 69.7 Å². The Morgan fingerprint density at radius 2 is 1.70 bits per heavy atom. The number of rotatable bonds is 6. The molecule has 2 saturated heterocycles. The number of hydrogen-bond acceptors (Lipinski definition) is 4. The predicted molar refractivity (Wildman–Crippen MR) is 107 cm³/mol. The molecule has 6 nitrogen and oxygen atoms in total. The molecule has 0 aliphatic carbocycles. The van der Waals surface area contributed by atoms with Crippen LogP contribution in [0.1, 0.15) is 43.2 Å². The van der Waals surface area contributed by atoms with Crippen molar-refractivity contribution < 1.29 is 13.2 Å².